The Kier molecular flexibility index (Phi) is 4.70. The van der Waals surface area contributed by atoms with Crippen LogP contribution < -0.4 is 4.74 Å². The molecule has 0 radical (unpaired) electrons. The van der Waals surface area contributed by atoms with Crippen LogP contribution in [-0.2, 0) is 4.43 Å². The number of hydrogen-bond donors (Lipinski definition) is 0. The lowest BCUT2D eigenvalue weighted by Crippen LogP contribution is -2.41. The van der Waals surface area contributed by atoms with Gasteiger partial charge in [0.2, 0.25) is 0 Å². The van der Waals surface area contributed by atoms with Gasteiger partial charge in [-0.1, -0.05) is 32.9 Å². The molecule has 0 saturated carbocycles. The van der Waals surface area contributed by atoms with Gasteiger partial charge in [0.25, 0.3) is 0 Å². The van der Waals surface area contributed by atoms with E-state index in [1.165, 1.54) is 0 Å². The molecule has 1 rings (SSSR count). The summed E-state index contributed by atoms with van der Waals surface area (Å²) in [5, 5.41) is 0.153. The highest BCUT2D eigenvalue weighted by molar-refractivity contribution is 6.74. The second kappa shape index (κ2) is 5.67. The maximum Gasteiger partial charge on any atom is 0.196 e. The summed E-state index contributed by atoms with van der Waals surface area (Å²) >= 11 is 0. The van der Waals surface area contributed by atoms with Crippen LogP contribution in [0, 0.1) is 0 Å². The number of hydrogen-bond acceptors (Lipinski definition) is 3. The molecule has 0 fully saturated rings. The Balaban J connectivity index is 2.59. The van der Waals surface area contributed by atoms with Gasteiger partial charge in [0.1, 0.15) is 5.75 Å². The molecule has 0 aromatic heterocycles. The highest BCUT2D eigenvalue weighted by Gasteiger charge is 2.37. The van der Waals surface area contributed by atoms with Gasteiger partial charge in [-0.15, -0.1) is 0 Å². The van der Waals surface area contributed by atoms with E-state index in [0.717, 1.165) is 6.29 Å². The molecule has 0 atom stereocenters. The van der Waals surface area contributed by atoms with Crippen molar-refractivity contribution in [2.75, 3.05) is 6.79 Å². The van der Waals surface area contributed by atoms with Gasteiger partial charge in [0, 0.05) is 0 Å². The van der Waals surface area contributed by atoms with Crippen molar-refractivity contribution in [2.24, 2.45) is 0 Å². The van der Waals surface area contributed by atoms with E-state index in [-0.39, 0.29) is 11.8 Å². The first-order valence-electron chi connectivity index (χ1n) is 6.09. The van der Waals surface area contributed by atoms with E-state index in [1.807, 2.05) is 12.1 Å². The number of ether oxygens (including phenoxy) is 1. The van der Waals surface area contributed by atoms with Crippen LogP contribution >= 0.6 is 0 Å². The summed E-state index contributed by atoms with van der Waals surface area (Å²) in [7, 11) is -1.80. The molecule has 0 N–H and O–H groups in total. The molecule has 0 aliphatic carbocycles. The fraction of sp³-hybridized carbons (Fsp3) is 0.500. The fourth-order valence-corrected chi connectivity index (χ4v) is 1.95. The first-order valence-corrected chi connectivity index (χ1v) is 9.00. The first kappa shape index (κ1) is 14.9. The molecule has 0 unspecified atom stereocenters. The molecule has 18 heavy (non-hydrogen) atoms. The van der Waals surface area contributed by atoms with Gasteiger partial charge >= 0.3 is 0 Å². The second-order valence-corrected chi connectivity index (χ2v) is 10.6. The standard InChI is InChI=1S/C14H22O3Si/c1-14(2,3)18(4,5)17-11-16-13-9-7-6-8-12(13)10-15/h6-10H,11H2,1-5H3. The monoisotopic (exact) mass is 266 g/mol. The molecular formula is C14H22O3Si. The number of aldehydes is 1. The molecule has 0 aliphatic heterocycles. The Morgan fingerprint density at radius 3 is 2.39 bits per heavy atom. The molecule has 1 aromatic carbocycles. The Morgan fingerprint density at radius 1 is 1.22 bits per heavy atom. The normalized spacial score (nSPS) is 12.3. The molecule has 4 heteroatoms. The quantitative estimate of drug-likeness (QED) is 0.461. The topological polar surface area (TPSA) is 35.5 Å². The van der Waals surface area contributed by atoms with Crippen LogP contribution in [0.15, 0.2) is 24.3 Å². The van der Waals surface area contributed by atoms with E-state index in [9.17, 15) is 4.79 Å². The maximum absolute atomic E-state index is 10.8. The summed E-state index contributed by atoms with van der Waals surface area (Å²) in [6.45, 7) is 11.1. The molecule has 100 valence electrons. The number of para-hydroxylation sites is 1. The fourth-order valence-electron chi connectivity index (χ4n) is 1.17. The lowest BCUT2D eigenvalue weighted by molar-refractivity contribution is 0.102. The van der Waals surface area contributed by atoms with Crippen molar-refractivity contribution in [3.8, 4) is 5.75 Å². The van der Waals surface area contributed by atoms with Crippen LogP contribution in [0.1, 0.15) is 31.1 Å². The average Bonchev–Trinajstić information content (AvgIpc) is 2.28. The zero-order chi connectivity index (χ0) is 13.8. The Hall–Kier alpha value is -1.13. The third-order valence-electron chi connectivity index (χ3n) is 3.49. The van der Waals surface area contributed by atoms with Crippen molar-refractivity contribution in [3.63, 3.8) is 0 Å². The zero-order valence-electron chi connectivity index (χ0n) is 11.8. The van der Waals surface area contributed by atoms with E-state index < -0.39 is 8.32 Å². The molecule has 3 nitrogen and oxygen atoms in total. The predicted octanol–water partition coefficient (Wildman–Crippen LogP) is 3.86. The minimum atomic E-state index is -1.80. The van der Waals surface area contributed by atoms with Crippen molar-refractivity contribution in [1.82, 2.24) is 0 Å². The summed E-state index contributed by atoms with van der Waals surface area (Å²) in [6, 6.07) is 7.16. The average molecular weight is 266 g/mol. The van der Waals surface area contributed by atoms with Gasteiger partial charge in [-0.05, 0) is 30.3 Å². The van der Waals surface area contributed by atoms with Crippen LogP contribution in [0.3, 0.4) is 0 Å². The number of rotatable bonds is 5. The third kappa shape index (κ3) is 3.68. The molecule has 0 amide bonds. The van der Waals surface area contributed by atoms with Gasteiger partial charge in [0.15, 0.2) is 21.4 Å². The van der Waals surface area contributed by atoms with Crippen LogP contribution in [-0.4, -0.2) is 21.4 Å². The Bertz CT molecular complexity index is 408. The molecule has 0 saturated heterocycles. The molecule has 1 aromatic rings. The molecular weight excluding hydrogens is 244 g/mol. The van der Waals surface area contributed by atoms with Crippen molar-refractivity contribution < 1.29 is 14.0 Å². The van der Waals surface area contributed by atoms with Crippen molar-refractivity contribution >= 4 is 14.6 Å². The van der Waals surface area contributed by atoms with Gasteiger partial charge in [0.05, 0.1) is 5.56 Å². The van der Waals surface area contributed by atoms with Crippen molar-refractivity contribution in [3.05, 3.63) is 29.8 Å². The smallest absolute Gasteiger partial charge is 0.196 e. The largest absolute Gasteiger partial charge is 0.468 e. The van der Waals surface area contributed by atoms with Crippen LogP contribution in [0.25, 0.3) is 0 Å². The van der Waals surface area contributed by atoms with E-state index >= 15 is 0 Å². The van der Waals surface area contributed by atoms with E-state index in [2.05, 4.69) is 33.9 Å². The van der Waals surface area contributed by atoms with Gasteiger partial charge in [-0.25, -0.2) is 0 Å². The van der Waals surface area contributed by atoms with Crippen LogP contribution in [0.5, 0.6) is 5.75 Å². The highest BCUT2D eigenvalue weighted by Crippen LogP contribution is 2.36. The molecule has 0 bridgehead atoms. The Labute approximate surface area is 110 Å². The van der Waals surface area contributed by atoms with Crippen LogP contribution in [0.4, 0.5) is 0 Å². The lowest BCUT2D eigenvalue weighted by atomic mass is 10.2. The summed E-state index contributed by atoms with van der Waals surface area (Å²) < 4.78 is 11.4. The highest BCUT2D eigenvalue weighted by atomic mass is 28.4. The van der Waals surface area contributed by atoms with Crippen molar-refractivity contribution in [1.29, 1.82) is 0 Å². The predicted molar refractivity (Wildman–Crippen MR) is 75.6 cm³/mol. The van der Waals surface area contributed by atoms with Crippen LogP contribution in [0.2, 0.25) is 18.1 Å². The third-order valence-corrected chi connectivity index (χ3v) is 7.94. The number of carbonyl (C=O) groups excluding carboxylic acids is 1. The minimum Gasteiger partial charge on any atom is -0.468 e. The minimum absolute atomic E-state index is 0.153. The summed E-state index contributed by atoms with van der Waals surface area (Å²) in [5.74, 6) is 0.575. The molecule has 0 heterocycles. The maximum atomic E-state index is 10.8. The van der Waals surface area contributed by atoms with Gasteiger partial charge in [-0.2, -0.15) is 0 Å². The molecule has 0 aliphatic rings. The SMILES string of the molecule is CC(C)(C)[Si](C)(C)OCOc1ccccc1C=O. The second-order valence-electron chi connectivity index (χ2n) is 5.82. The lowest BCUT2D eigenvalue weighted by Gasteiger charge is -2.35. The number of benzene rings is 1. The number of carbonyl (C=O) groups is 1. The van der Waals surface area contributed by atoms with Crippen molar-refractivity contribution in [2.45, 2.75) is 38.9 Å². The van der Waals surface area contributed by atoms with Gasteiger partial charge in [-0.3, -0.25) is 4.79 Å². The summed E-state index contributed by atoms with van der Waals surface area (Å²) in [6.07, 6.45) is 0.793. The summed E-state index contributed by atoms with van der Waals surface area (Å²) in [5.41, 5.74) is 0.552. The zero-order valence-corrected chi connectivity index (χ0v) is 12.8. The van der Waals surface area contributed by atoms with E-state index in [4.69, 9.17) is 9.16 Å². The van der Waals surface area contributed by atoms with E-state index in [0.29, 0.717) is 11.3 Å². The van der Waals surface area contributed by atoms with E-state index in [1.54, 1.807) is 12.1 Å². The first-order chi connectivity index (χ1) is 8.28. The Morgan fingerprint density at radius 2 is 1.83 bits per heavy atom. The summed E-state index contributed by atoms with van der Waals surface area (Å²) in [4.78, 5) is 10.8. The molecule has 0 spiro atoms. The van der Waals surface area contributed by atoms with Gasteiger partial charge < -0.3 is 9.16 Å².